The number of hydrogen-bond acceptors (Lipinski definition) is 10. The fourth-order valence-electron chi connectivity index (χ4n) is 3.04. The molecule has 0 unspecified atom stereocenters. The van der Waals surface area contributed by atoms with E-state index in [0.29, 0.717) is 6.42 Å². The number of hydrogen-bond donors (Lipinski definition) is 0. The van der Waals surface area contributed by atoms with Crippen LogP contribution in [0.5, 0.6) is 11.5 Å². The zero-order valence-electron chi connectivity index (χ0n) is 22.6. The van der Waals surface area contributed by atoms with Crippen LogP contribution >= 0.6 is 0 Å². The van der Waals surface area contributed by atoms with Crippen LogP contribution in [0.25, 0.3) is 0 Å². The molecule has 2 radical (unpaired) electrons. The third-order valence-corrected chi connectivity index (χ3v) is 4.71. The van der Waals surface area contributed by atoms with Crippen LogP contribution in [-0.4, -0.2) is 24.2 Å². The summed E-state index contributed by atoms with van der Waals surface area (Å²) in [6, 6.07) is 15.3. The van der Waals surface area contributed by atoms with Crippen molar-refractivity contribution in [3.05, 3.63) is 107 Å². The fraction of sp³-hybridized carbons (Fsp3) is 0.0400. The van der Waals surface area contributed by atoms with Gasteiger partial charge in [-0.3, -0.25) is 0 Å². The standard InChI is InChI=1S/C25H20N4O6.2Cs.4O.2V/c30-20-7-5-16(12-18(20)14-26-28-24(32)22-3-1-9-34-22)11-17-6-8-21(31)19(13-17)15-27-29-25(33)23-4-2-10-35-23;;;;;;;;/h1-10,12-15,30-31H,11H2,(H,28,32)(H,29,33);;;;;;;;/q;2*+1;4*-2;;/p-4/b26-14+,27-15+;;;;;;;;. The maximum absolute atomic E-state index is 12.1. The van der Waals surface area contributed by atoms with Crippen molar-refractivity contribution in [2.24, 2.45) is 20.4 Å². The molecule has 0 spiro atoms. The topological polar surface area (TPSA) is 282 Å². The Morgan fingerprint density at radius 2 is 1.00 bits per heavy atom. The zero-order valence-corrected chi connectivity index (χ0v) is 37.9. The van der Waals surface area contributed by atoms with E-state index in [1.807, 2.05) is 0 Å². The Bertz CT molecular complexity index is 1330. The molecular formula is C25H16Cs2N4O10V2-10. The van der Waals surface area contributed by atoms with E-state index >= 15 is 0 Å². The summed E-state index contributed by atoms with van der Waals surface area (Å²) in [5, 5.41) is 62.3. The van der Waals surface area contributed by atoms with Crippen molar-refractivity contribution in [1.82, 2.24) is 0 Å². The van der Waals surface area contributed by atoms with E-state index in [9.17, 15) is 20.4 Å². The fourth-order valence-corrected chi connectivity index (χ4v) is 3.04. The van der Waals surface area contributed by atoms with Gasteiger partial charge in [0, 0.05) is 37.1 Å². The van der Waals surface area contributed by atoms with Gasteiger partial charge in [-0.05, 0) is 52.9 Å². The minimum Gasteiger partial charge on any atom is -2.00 e. The van der Waals surface area contributed by atoms with Gasteiger partial charge in [-0.1, -0.05) is 47.9 Å². The Balaban J connectivity index is -0.000000602. The third kappa shape index (κ3) is 16.4. The summed E-state index contributed by atoms with van der Waals surface area (Å²) in [4.78, 5) is 0. The number of benzene rings is 2. The van der Waals surface area contributed by atoms with Crippen molar-refractivity contribution in [3.8, 4) is 11.5 Å². The molecule has 4 rings (SSSR count). The second-order valence-corrected chi connectivity index (χ2v) is 7.18. The molecule has 4 aromatic rings. The molecule has 0 saturated heterocycles. The molecule has 2 aromatic heterocycles. The van der Waals surface area contributed by atoms with E-state index in [0.717, 1.165) is 11.1 Å². The van der Waals surface area contributed by atoms with Crippen LogP contribution in [0.15, 0.2) is 102 Å². The molecular weight excluding hydrogens is 884 g/mol. The van der Waals surface area contributed by atoms with Crippen LogP contribution in [0.4, 0.5) is 0 Å². The monoisotopic (exact) mass is 900 g/mol. The summed E-state index contributed by atoms with van der Waals surface area (Å²) >= 11 is 0. The van der Waals surface area contributed by atoms with Crippen molar-refractivity contribution >= 4 is 24.2 Å². The molecule has 0 aliphatic carbocycles. The smallest absolute Gasteiger partial charge is 1.00 e. The van der Waals surface area contributed by atoms with Crippen LogP contribution in [0.2, 0.25) is 0 Å². The van der Waals surface area contributed by atoms with Crippen LogP contribution < -0.4 is 158 Å². The van der Waals surface area contributed by atoms with Gasteiger partial charge in [0.1, 0.15) is 11.5 Å². The first-order valence-electron chi connectivity index (χ1n) is 10.2. The first kappa shape index (κ1) is 52.5. The molecule has 2 heterocycles. The zero-order chi connectivity index (χ0) is 24.6. The van der Waals surface area contributed by atoms with Gasteiger partial charge >= 0.3 is 138 Å². The molecule has 218 valence electrons. The molecule has 43 heavy (non-hydrogen) atoms. The van der Waals surface area contributed by atoms with Crippen molar-refractivity contribution in [2.75, 3.05) is 0 Å². The van der Waals surface area contributed by atoms with E-state index in [-0.39, 0.29) is 231 Å². The van der Waals surface area contributed by atoms with Gasteiger partial charge in [-0.15, -0.1) is 0 Å². The Hall–Kier alpha value is -0.00727. The Morgan fingerprint density at radius 3 is 1.33 bits per heavy atom. The normalized spacial score (nSPS) is 10.3. The molecule has 0 fully saturated rings. The van der Waals surface area contributed by atoms with Gasteiger partial charge in [0.05, 0.1) is 36.8 Å². The second kappa shape index (κ2) is 27.1. The first-order valence-corrected chi connectivity index (χ1v) is 10.2. The second-order valence-electron chi connectivity index (χ2n) is 7.18. The minimum atomic E-state index is -0.667. The van der Waals surface area contributed by atoms with Gasteiger partial charge in [-0.2, -0.15) is 20.4 Å². The Kier molecular flexibility index (Phi) is 33.1. The summed E-state index contributed by atoms with van der Waals surface area (Å²) in [6.07, 6.45) is 5.48. The van der Waals surface area contributed by atoms with E-state index in [1.165, 1.54) is 49.2 Å². The SMILES string of the molecule is [Cs+].[Cs+].[O-2].[O-2].[O-2].[O-2].[O-]/C(=N\N=C\c1cc(Cc2ccc([O-])c(/C=N/N=C(\[O-])c3ccco3)c2)ccc1[O-])c1ccco1.[V].[V]. The van der Waals surface area contributed by atoms with Crippen molar-refractivity contribution in [1.29, 1.82) is 0 Å². The minimum absolute atomic E-state index is 0. The summed E-state index contributed by atoms with van der Waals surface area (Å²) in [5.41, 5.74) is 2.03. The summed E-state index contributed by atoms with van der Waals surface area (Å²) in [6.45, 7) is 0. The van der Waals surface area contributed by atoms with E-state index in [1.54, 1.807) is 36.4 Å². The van der Waals surface area contributed by atoms with E-state index in [2.05, 4.69) is 20.4 Å². The molecule has 0 aliphatic heterocycles. The predicted molar refractivity (Wildman–Crippen MR) is 123 cm³/mol. The number of rotatable bonds is 8. The van der Waals surface area contributed by atoms with Crippen molar-refractivity contribution in [3.63, 3.8) is 0 Å². The Morgan fingerprint density at radius 1 is 0.628 bits per heavy atom. The Labute approximate surface area is 387 Å². The van der Waals surface area contributed by atoms with Crippen LogP contribution in [0.3, 0.4) is 0 Å². The van der Waals surface area contributed by atoms with Gasteiger partial charge in [0.15, 0.2) is 0 Å². The molecule has 0 saturated carbocycles. The van der Waals surface area contributed by atoms with E-state index < -0.39 is 11.8 Å². The first-order chi connectivity index (χ1) is 17.0. The van der Waals surface area contributed by atoms with Gasteiger partial charge in [0.25, 0.3) is 0 Å². The largest absolute Gasteiger partial charge is 2.00 e. The number of furan rings is 2. The average molecular weight is 900 g/mol. The molecule has 0 amide bonds. The average Bonchev–Trinajstić information content (AvgIpc) is 3.57. The maximum atomic E-state index is 12.1. The summed E-state index contributed by atoms with van der Waals surface area (Å²) in [5.74, 6) is -1.83. The third-order valence-electron chi connectivity index (χ3n) is 4.71. The van der Waals surface area contributed by atoms with Gasteiger partial charge < -0.3 is 51.2 Å². The molecule has 0 atom stereocenters. The molecule has 18 heteroatoms. The molecule has 14 nitrogen and oxygen atoms in total. The van der Waals surface area contributed by atoms with Crippen LogP contribution in [-0.2, 0) is 65.4 Å². The van der Waals surface area contributed by atoms with Gasteiger partial charge in [0.2, 0.25) is 0 Å². The van der Waals surface area contributed by atoms with Gasteiger partial charge in [-0.25, -0.2) is 0 Å². The number of nitrogens with zero attached hydrogens (tertiary/aromatic N) is 4. The quantitative estimate of drug-likeness (QED) is 0.0944. The van der Waals surface area contributed by atoms with Crippen molar-refractivity contribution < 1.29 is 226 Å². The molecule has 0 N–H and O–H groups in total. The molecule has 0 aliphatic rings. The van der Waals surface area contributed by atoms with E-state index in [4.69, 9.17) is 8.83 Å². The maximum Gasteiger partial charge on any atom is 1.00 e. The predicted octanol–water partition coefficient (Wildman–Crippen LogP) is -5.58. The molecule has 0 bridgehead atoms. The summed E-state index contributed by atoms with van der Waals surface area (Å²) in [7, 11) is 0. The summed E-state index contributed by atoms with van der Waals surface area (Å²) < 4.78 is 9.88. The van der Waals surface area contributed by atoms with Crippen LogP contribution in [0, 0.1) is 0 Å². The van der Waals surface area contributed by atoms with Crippen molar-refractivity contribution in [2.45, 2.75) is 6.42 Å². The molecule has 2 aromatic carbocycles. The van der Waals surface area contributed by atoms with Crippen LogP contribution in [0.1, 0.15) is 33.8 Å².